The van der Waals surface area contributed by atoms with Gasteiger partial charge in [0, 0.05) is 19.1 Å². The summed E-state index contributed by atoms with van der Waals surface area (Å²) in [6, 6.07) is 5.37. The Morgan fingerprint density at radius 2 is 2.28 bits per heavy atom. The van der Waals surface area contributed by atoms with Crippen molar-refractivity contribution in [3.63, 3.8) is 0 Å². The van der Waals surface area contributed by atoms with Gasteiger partial charge in [0.05, 0.1) is 5.56 Å². The molecule has 1 saturated heterocycles. The van der Waals surface area contributed by atoms with Gasteiger partial charge in [-0.1, -0.05) is 12.1 Å². The fourth-order valence-corrected chi connectivity index (χ4v) is 2.50. The van der Waals surface area contributed by atoms with Crippen molar-refractivity contribution in [2.75, 3.05) is 13.1 Å². The van der Waals surface area contributed by atoms with Crippen molar-refractivity contribution < 1.29 is 9.90 Å². The topological polar surface area (TPSA) is 66.6 Å². The molecule has 4 heteroatoms. The highest BCUT2D eigenvalue weighted by atomic mass is 16.3. The molecule has 18 heavy (non-hydrogen) atoms. The molecule has 4 nitrogen and oxygen atoms in total. The van der Waals surface area contributed by atoms with Crippen molar-refractivity contribution in [2.45, 2.75) is 32.2 Å². The highest BCUT2D eigenvalue weighted by molar-refractivity contribution is 5.97. The van der Waals surface area contributed by atoms with Gasteiger partial charge in [-0.15, -0.1) is 0 Å². The molecule has 0 saturated carbocycles. The minimum atomic E-state index is -0.105. The van der Waals surface area contributed by atoms with Gasteiger partial charge in [-0.25, -0.2) is 0 Å². The lowest BCUT2D eigenvalue weighted by Gasteiger charge is -2.35. The van der Waals surface area contributed by atoms with Crippen molar-refractivity contribution >= 4 is 5.91 Å². The first-order valence-corrected chi connectivity index (χ1v) is 6.44. The van der Waals surface area contributed by atoms with E-state index >= 15 is 0 Å². The van der Waals surface area contributed by atoms with Crippen LogP contribution in [-0.2, 0) is 0 Å². The number of hydrogen-bond acceptors (Lipinski definition) is 3. The number of nitrogens with two attached hydrogens (primary N) is 1. The number of carbonyl (C=O) groups excluding carboxylic acids is 1. The maximum Gasteiger partial charge on any atom is 0.257 e. The third kappa shape index (κ3) is 2.34. The molecule has 3 N–H and O–H groups in total. The fraction of sp³-hybridized carbons (Fsp3) is 0.500. The summed E-state index contributed by atoms with van der Waals surface area (Å²) in [5.41, 5.74) is 6.83. The second-order valence-corrected chi connectivity index (χ2v) is 4.85. The quantitative estimate of drug-likeness (QED) is 0.836. The number of para-hydroxylation sites is 1. The zero-order valence-corrected chi connectivity index (χ0v) is 10.7. The average Bonchev–Trinajstić information content (AvgIpc) is 2.41. The molecule has 1 unspecified atom stereocenters. The minimum Gasteiger partial charge on any atom is -0.507 e. The smallest absolute Gasteiger partial charge is 0.257 e. The number of rotatable bonds is 2. The lowest BCUT2D eigenvalue weighted by molar-refractivity contribution is 0.0620. The Morgan fingerprint density at radius 3 is 3.00 bits per heavy atom. The number of benzene rings is 1. The van der Waals surface area contributed by atoms with Crippen LogP contribution >= 0.6 is 0 Å². The largest absolute Gasteiger partial charge is 0.507 e. The van der Waals surface area contributed by atoms with Crippen LogP contribution in [0.5, 0.6) is 5.75 Å². The SMILES string of the molecule is Cc1cccc(C(=O)N2CCCCC2CN)c1O. The predicted octanol–water partition coefficient (Wildman–Crippen LogP) is 1.65. The molecule has 0 spiro atoms. The van der Waals surface area contributed by atoms with E-state index in [0.29, 0.717) is 12.1 Å². The van der Waals surface area contributed by atoms with Crippen LogP contribution in [0.2, 0.25) is 0 Å². The van der Waals surface area contributed by atoms with Gasteiger partial charge in [0.2, 0.25) is 0 Å². The van der Waals surface area contributed by atoms with Crippen LogP contribution in [0.3, 0.4) is 0 Å². The number of phenolic OH excluding ortho intramolecular Hbond substituents is 1. The zero-order chi connectivity index (χ0) is 13.1. The van der Waals surface area contributed by atoms with Gasteiger partial charge >= 0.3 is 0 Å². The summed E-state index contributed by atoms with van der Waals surface area (Å²) in [6.07, 6.45) is 3.08. The summed E-state index contributed by atoms with van der Waals surface area (Å²) in [6.45, 7) is 3.01. The second kappa shape index (κ2) is 5.40. The van der Waals surface area contributed by atoms with E-state index in [0.717, 1.165) is 31.4 Å². The van der Waals surface area contributed by atoms with E-state index in [1.54, 1.807) is 30.0 Å². The fourth-order valence-electron chi connectivity index (χ4n) is 2.50. The molecule has 98 valence electrons. The van der Waals surface area contributed by atoms with Crippen molar-refractivity contribution in [3.05, 3.63) is 29.3 Å². The summed E-state index contributed by atoms with van der Waals surface area (Å²) in [5.74, 6) is -0.0183. The minimum absolute atomic E-state index is 0.0869. The summed E-state index contributed by atoms with van der Waals surface area (Å²) < 4.78 is 0. The summed E-state index contributed by atoms with van der Waals surface area (Å²) >= 11 is 0. The van der Waals surface area contributed by atoms with Crippen LogP contribution in [0.25, 0.3) is 0 Å². The van der Waals surface area contributed by atoms with Gasteiger partial charge in [0.15, 0.2) is 0 Å². The molecule has 1 amide bonds. The van der Waals surface area contributed by atoms with E-state index in [-0.39, 0.29) is 17.7 Å². The highest BCUT2D eigenvalue weighted by Gasteiger charge is 2.27. The number of aromatic hydroxyl groups is 1. The standard InChI is InChI=1S/C14H20N2O2/c1-10-5-4-7-12(13(10)17)14(18)16-8-3-2-6-11(16)9-15/h4-5,7,11,17H,2-3,6,8-9,15H2,1H3. The van der Waals surface area contributed by atoms with E-state index in [1.807, 2.05) is 0 Å². The Kier molecular flexibility index (Phi) is 3.87. The molecule has 1 aliphatic heterocycles. The molecule has 2 rings (SSSR count). The number of hydrogen-bond donors (Lipinski definition) is 2. The predicted molar refractivity (Wildman–Crippen MR) is 70.6 cm³/mol. The molecule has 0 aliphatic carbocycles. The molecule has 1 aromatic carbocycles. The molecular formula is C14H20N2O2. The van der Waals surface area contributed by atoms with E-state index in [2.05, 4.69) is 0 Å². The third-order valence-corrected chi connectivity index (χ3v) is 3.63. The molecule has 1 heterocycles. The van der Waals surface area contributed by atoms with Crippen LogP contribution in [0, 0.1) is 6.92 Å². The molecule has 1 aromatic rings. The van der Waals surface area contributed by atoms with Gasteiger partial charge < -0.3 is 15.7 Å². The zero-order valence-electron chi connectivity index (χ0n) is 10.7. The molecule has 1 fully saturated rings. The maximum absolute atomic E-state index is 12.5. The third-order valence-electron chi connectivity index (χ3n) is 3.63. The normalized spacial score (nSPS) is 19.9. The molecule has 0 radical (unpaired) electrons. The Labute approximate surface area is 107 Å². The molecule has 0 aromatic heterocycles. The van der Waals surface area contributed by atoms with Gasteiger partial charge in [-0.3, -0.25) is 4.79 Å². The van der Waals surface area contributed by atoms with Gasteiger partial charge in [0.25, 0.3) is 5.91 Å². The first-order valence-electron chi connectivity index (χ1n) is 6.44. The van der Waals surface area contributed by atoms with Crippen LogP contribution in [-0.4, -0.2) is 35.0 Å². The second-order valence-electron chi connectivity index (χ2n) is 4.85. The summed E-state index contributed by atoms with van der Waals surface area (Å²) in [7, 11) is 0. The molecular weight excluding hydrogens is 228 g/mol. The Morgan fingerprint density at radius 1 is 1.50 bits per heavy atom. The van der Waals surface area contributed by atoms with Crippen molar-refractivity contribution in [1.82, 2.24) is 4.90 Å². The number of aryl methyl sites for hydroxylation is 1. The summed E-state index contributed by atoms with van der Waals surface area (Å²) in [4.78, 5) is 14.3. The first kappa shape index (κ1) is 12.9. The Hall–Kier alpha value is -1.55. The lowest BCUT2D eigenvalue weighted by Crippen LogP contribution is -2.47. The molecule has 1 aliphatic rings. The number of amides is 1. The number of nitrogens with zero attached hydrogens (tertiary/aromatic N) is 1. The van der Waals surface area contributed by atoms with Crippen LogP contribution in [0.15, 0.2) is 18.2 Å². The van der Waals surface area contributed by atoms with Crippen LogP contribution in [0.1, 0.15) is 35.2 Å². The number of carbonyl (C=O) groups is 1. The molecule has 1 atom stereocenters. The van der Waals surface area contributed by atoms with Crippen molar-refractivity contribution in [3.8, 4) is 5.75 Å². The Balaban J connectivity index is 2.27. The number of likely N-dealkylation sites (tertiary alicyclic amines) is 1. The van der Waals surface area contributed by atoms with Crippen LogP contribution in [0.4, 0.5) is 0 Å². The van der Waals surface area contributed by atoms with E-state index < -0.39 is 0 Å². The first-order chi connectivity index (χ1) is 8.65. The van der Waals surface area contributed by atoms with Gasteiger partial charge in [-0.05, 0) is 37.8 Å². The van der Waals surface area contributed by atoms with E-state index in [9.17, 15) is 9.90 Å². The van der Waals surface area contributed by atoms with Crippen molar-refractivity contribution in [2.24, 2.45) is 5.73 Å². The van der Waals surface area contributed by atoms with Gasteiger partial charge in [0.1, 0.15) is 5.75 Å². The monoisotopic (exact) mass is 248 g/mol. The van der Waals surface area contributed by atoms with Crippen molar-refractivity contribution in [1.29, 1.82) is 0 Å². The van der Waals surface area contributed by atoms with Crippen LogP contribution < -0.4 is 5.73 Å². The summed E-state index contributed by atoms with van der Waals surface area (Å²) in [5, 5.41) is 9.98. The van der Waals surface area contributed by atoms with E-state index in [4.69, 9.17) is 5.73 Å². The molecule has 0 bridgehead atoms. The maximum atomic E-state index is 12.5. The average molecular weight is 248 g/mol. The van der Waals surface area contributed by atoms with E-state index in [1.165, 1.54) is 0 Å². The van der Waals surface area contributed by atoms with Gasteiger partial charge in [-0.2, -0.15) is 0 Å². The Bertz CT molecular complexity index is 445. The number of phenols is 1. The number of piperidine rings is 1. The highest BCUT2D eigenvalue weighted by Crippen LogP contribution is 2.26. The lowest BCUT2D eigenvalue weighted by atomic mass is 10.00.